The molecule has 0 unspecified atom stereocenters. The number of nitrogens with one attached hydrogen (secondary N) is 3. The van der Waals surface area contributed by atoms with E-state index in [0.29, 0.717) is 46.9 Å². The Hall–Kier alpha value is -4.55. The number of imide groups is 1. The van der Waals surface area contributed by atoms with Gasteiger partial charge in [-0.25, -0.2) is 14.8 Å². The van der Waals surface area contributed by atoms with Crippen molar-refractivity contribution in [1.82, 2.24) is 30.6 Å². The molecule has 2 amide bonds. The molecule has 2 saturated heterocycles. The molecule has 2 fully saturated rings. The smallest absolute Gasteiger partial charge is 0.340 e. The molecule has 43 heavy (non-hydrogen) atoms. The van der Waals surface area contributed by atoms with Crippen LogP contribution >= 0.6 is 11.8 Å². The van der Waals surface area contributed by atoms with Gasteiger partial charge in [-0.1, -0.05) is 6.07 Å². The van der Waals surface area contributed by atoms with Crippen LogP contribution in [0.25, 0.3) is 28.2 Å². The van der Waals surface area contributed by atoms with Gasteiger partial charge in [0, 0.05) is 54.7 Å². The van der Waals surface area contributed by atoms with Crippen LogP contribution in [0.4, 0.5) is 10.7 Å². The normalized spacial score (nSPS) is 16.7. The Morgan fingerprint density at radius 3 is 2.81 bits per heavy atom. The second kappa shape index (κ2) is 12.8. The summed E-state index contributed by atoms with van der Waals surface area (Å²) < 4.78 is 5.36. The predicted octanol–water partition coefficient (Wildman–Crippen LogP) is 4.53. The first-order valence-electron chi connectivity index (χ1n) is 14.2. The van der Waals surface area contributed by atoms with E-state index in [4.69, 9.17) is 4.74 Å². The highest BCUT2D eigenvalue weighted by molar-refractivity contribution is 8.18. The second-order valence-electron chi connectivity index (χ2n) is 10.4. The summed E-state index contributed by atoms with van der Waals surface area (Å²) in [5.74, 6) is 0.316. The monoisotopic (exact) mass is 597 g/mol. The highest BCUT2D eigenvalue weighted by Gasteiger charge is 2.26. The zero-order valence-electron chi connectivity index (χ0n) is 23.6. The Bertz CT molecular complexity index is 1710. The fourth-order valence-corrected chi connectivity index (χ4v) is 5.97. The fraction of sp³-hybridized carbons (Fsp3) is 0.290. The van der Waals surface area contributed by atoms with Crippen molar-refractivity contribution < 1.29 is 19.1 Å². The van der Waals surface area contributed by atoms with Crippen molar-refractivity contribution >= 4 is 51.8 Å². The third-order valence-electron chi connectivity index (χ3n) is 7.51. The number of nitrogens with zero attached hydrogens (tertiary/aromatic N) is 4. The number of esters is 1. The van der Waals surface area contributed by atoms with Crippen LogP contribution in [0.1, 0.15) is 41.4 Å². The molecule has 3 N–H and O–H groups in total. The van der Waals surface area contributed by atoms with Crippen molar-refractivity contribution in [2.24, 2.45) is 5.92 Å². The van der Waals surface area contributed by atoms with Crippen LogP contribution in [0, 0.1) is 5.92 Å². The van der Waals surface area contributed by atoms with Crippen molar-refractivity contribution in [2.75, 3.05) is 31.1 Å². The molecule has 2 aliphatic rings. The third-order valence-corrected chi connectivity index (χ3v) is 8.32. The van der Waals surface area contributed by atoms with Gasteiger partial charge in [0.1, 0.15) is 0 Å². The van der Waals surface area contributed by atoms with Gasteiger partial charge in [-0.3, -0.25) is 19.9 Å². The minimum absolute atomic E-state index is 0.292. The lowest BCUT2D eigenvalue weighted by Gasteiger charge is -2.32. The number of ether oxygens (including phenoxy) is 1. The summed E-state index contributed by atoms with van der Waals surface area (Å²) in [6, 6.07) is 11.6. The third kappa shape index (κ3) is 6.60. The maximum Gasteiger partial charge on any atom is 0.340 e. The lowest BCUT2D eigenvalue weighted by atomic mass is 9.97. The van der Waals surface area contributed by atoms with Gasteiger partial charge in [0.15, 0.2) is 0 Å². The van der Waals surface area contributed by atoms with Gasteiger partial charge >= 0.3 is 5.97 Å². The van der Waals surface area contributed by atoms with E-state index in [0.717, 1.165) is 66.3 Å². The van der Waals surface area contributed by atoms with Crippen molar-refractivity contribution in [2.45, 2.75) is 26.3 Å². The Morgan fingerprint density at radius 1 is 1.16 bits per heavy atom. The number of pyridine rings is 1. The average molecular weight is 598 g/mol. The molecule has 11 nitrogen and oxygen atoms in total. The first-order valence-corrected chi connectivity index (χ1v) is 15.1. The molecule has 0 atom stereocenters. The van der Waals surface area contributed by atoms with E-state index in [1.807, 2.05) is 42.7 Å². The molecular formula is C31H31N7O4S. The number of hydrogen-bond acceptors (Lipinski definition) is 10. The Labute approximate surface area is 252 Å². The maximum atomic E-state index is 12.9. The number of H-pyrrole nitrogens is 1. The van der Waals surface area contributed by atoms with Crippen molar-refractivity contribution in [3.63, 3.8) is 0 Å². The zero-order chi connectivity index (χ0) is 29.8. The van der Waals surface area contributed by atoms with Gasteiger partial charge in [-0.2, -0.15) is 0 Å². The Kier molecular flexibility index (Phi) is 8.47. The lowest BCUT2D eigenvalue weighted by molar-refractivity contribution is -0.115. The molecule has 5 heterocycles. The highest BCUT2D eigenvalue weighted by atomic mass is 32.2. The molecule has 6 rings (SSSR count). The van der Waals surface area contributed by atoms with Crippen molar-refractivity contribution in [1.29, 1.82) is 0 Å². The highest BCUT2D eigenvalue weighted by Crippen LogP contribution is 2.28. The number of thioether (sulfide) groups is 1. The average Bonchev–Trinajstić information content (AvgIpc) is 3.62. The van der Waals surface area contributed by atoms with E-state index in [9.17, 15) is 14.4 Å². The van der Waals surface area contributed by atoms with Gasteiger partial charge in [0.2, 0.25) is 5.95 Å². The maximum absolute atomic E-state index is 12.9. The van der Waals surface area contributed by atoms with E-state index >= 15 is 0 Å². The van der Waals surface area contributed by atoms with E-state index in [1.54, 1.807) is 25.3 Å². The molecule has 0 aliphatic carbocycles. The minimum Gasteiger partial charge on any atom is -0.462 e. The van der Waals surface area contributed by atoms with Crippen LogP contribution in [0.15, 0.2) is 59.9 Å². The van der Waals surface area contributed by atoms with E-state index in [2.05, 4.69) is 35.5 Å². The van der Waals surface area contributed by atoms with E-state index in [-0.39, 0.29) is 11.2 Å². The number of amides is 2. The van der Waals surface area contributed by atoms with Crippen LogP contribution in [0.2, 0.25) is 0 Å². The summed E-state index contributed by atoms with van der Waals surface area (Å²) in [6.45, 7) is 5.14. The number of carbonyl (C=O) groups excluding carboxylic acids is 3. The SMILES string of the molecule is CCOC(=O)c1cc(CNCC2CCN(c3nccc(/C=C4\SC(=O)NC4=O)n3)CC2)cnc1-c1ccc2[nH]ccc2c1. The number of fused-ring (bicyclic) bond motifs is 1. The fourth-order valence-electron chi connectivity index (χ4n) is 5.31. The quantitative estimate of drug-likeness (QED) is 0.186. The standard InChI is InChI=1S/C31H31N7O4S/c1-2-42-29(40)24-13-20(18-35-27(24)22-3-4-25-21(14-22)5-9-33-25)17-32-16-19-7-11-38(12-8-19)30-34-10-6-23(36-30)15-26-28(39)37-31(41)43-26/h3-6,9-10,13-15,18-19,32-33H,2,7-8,11-12,16-17H2,1H3,(H,37,39,41)/b26-15-. The molecule has 0 radical (unpaired) electrons. The van der Waals surface area contributed by atoms with E-state index < -0.39 is 5.91 Å². The van der Waals surface area contributed by atoms with Crippen LogP contribution in [0.5, 0.6) is 0 Å². The molecule has 12 heteroatoms. The summed E-state index contributed by atoms with van der Waals surface area (Å²) in [5.41, 5.74) is 4.47. The van der Waals surface area contributed by atoms with Crippen molar-refractivity contribution in [3.05, 3.63) is 76.7 Å². The Balaban J connectivity index is 1.05. The van der Waals surface area contributed by atoms with Crippen LogP contribution in [0.3, 0.4) is 0 Å². The number of aromatic amines is 1. The molecule has 2 aliphatic heterocycles. The van der Waals surface area contributed by atoms with Gasteiger partial charge in [0.05, 0.1) is 28.5 Å². The number of carbonyl (C=O) groups is 3. The minimum atomic E-state index is -0.401. The topological polar surface area (TPSA) is 142 Å². The lowest BCUT2D eigenvalue weighted by Crippen LogP contribution is -2.38. The van der Waals surface area contributed by atoms with Crippen LogP contribution in [-0.2, 0) is 16.1 Å². The molecule has 3 aromatic heterocycles. The molecule has 0 bridgehead atoms. The summed E-state index contributed by atoms with van der Waals surface area (Å²) in [6.07, 6.45) is 8.94. The summed E-state index contributed by atoms with van der Waals surface area (Å²) >= 11 is 0.873. The summed E-state index contributed by atoms with van der Waals surface area (Å²) in [5, 5.41) is 6.47. The largest absolute Gasteiger partial charge is 0.462 e. The first kappa shape index (κ1) is 28.6. The summed E-state index contributed by atoms with van der Waals surface area (Å²) in [4.78, 5) is 55.5. The Morgan fingerprint density at radius 2 is 2.02 bits per heavy atom. The van der Waals surface area contributed by atoms with Gasteiger partial charge < -0.3 is 19.9 Å². The first-order chi connectivity index (χ1) is 21.0. The zero-order valence-corrected chi connectivity index (χ0v) is 24.4. The number of rotatable bonds is 9. The van der Waals surface area contributed by atoms with Gasteiger partial charge in [-0.15, -0.1) is 0 Å². The number of hydrogen-bond donors (Lipinski definition) is 3. The number of anilines is 1. The molecule has 0 spiro atoms. The number of piperidine rings is 1. The second-order valence-corrected chi connectivity index (χ2v) is 11.4. The van der Waals surface area contributed by atoms with Gasteiger partial charge in [0.25, 0.3) is 11.1 Å². The molecule has 0 saturated carbocycles. The molecular weight excluding hydrogens is 566 g/mol. The van der Waals surface area contributed by atoms with Crippen molar-refractivity contribution in [3.8, 4) is 11.3 Å². The molecule has 1 aromatic carbocycles. The number of benzene rings is 1. The molecule has 4 aromatic rings. The summed E-state index contributed by atoms with van der Waals surface area (Å²) in [7, 11) is 0. The predicted molar refractivity (Wildman–Crippen MR) is 165 cm³/mol. The molecule has 220 valence electrons. The number of aromatic nitrogens is 4. The van der Waals surface area contributed by atoms with Crippen LogP contribution < -0.4 is 15.5 Å². The van der Waals surface area contributed by atoms with E-state index in [1.165, 1.54) is 0 Å². The van der Waals surface area contributed by atoms with Crippen LogP contribution in [-0.4, -0.2) is 63.3 Å². The van der Waals surface area contributed by atoms with Gasteiger partial charge in [-0.05, 0) is 86.0 Å².